The van der Waals surface area contributed by atoms with Crippen LogP contribution in [0.15, 0.2) is 92.2 Å². The fourth-order valence-corrected chi connectivity index (χ4v) is 12.4. The number of hydrogen-bond acceptors (Lipinski definition) is 12. The van der Waals surface area contributed by atoms with E-state index in [1.807, 2.05) is 68.5 Å². The van der Waals surface area contributed by atoms with Crippen molar-refractivity contribution in [3.63, 3.8) is 0 Å². The molecule has 0 amide bonds. The maximum absolute atomic E-state index is 12.2. The first kappa shape index (κ1) is 48.7. The average Bonchev–Trinajstić information content (AvgIpc) is 3.64. The van der Waals surface area contributed by atoms with Crippen LogP contribution in [0.5, 0.6) is 0 Å². The molecule has 4 heterocycles. The van der Waals surface area contributed by atoms with Gasteiger partial charge in [-0.3, -0.25) is 27.9 Å². The number of allylic oxidation sites excluding steroid dienone is 4. The SMILES string of the molecule is CN1C2CCC1C(C=CC1=[N+](CCCS(=O)(=O)O)c3ccc(S(=O)(=O)O)cc3C1(C)C)=C(SCCC(=O)O)C2=CC=C1N(CCCS(=O)(=O)O)c2ccc(S(=O)(=O)O)cc2C1(C)C. The van der Waals surface area contributed by atoms with Crippen molar-refractivity contribution in [3.8, 4) is 0 Å². The van der Waals surface area contributed by atoms with E-state index in [9.17, 15) is 61.8 Å². The highest BCUT2D eigenvalue weighted by atomic mass is 32.2. The maximum atomic E-state index is 12.2. The van der Waals surface area contributed by atoms with E-state index in [4.69, 9.17) is 0 Å². The summed E-state index contributed by atoms with van der Waals surface area (Å²) in [6.07, 6.45) is 9.07. The number of hydrogen-bond donors (Lipinski definition) is 5. The first-order valence-corrected chi connectivity index (χ1v) is 27.1. The third-order valence-corrected chi connectivity index (χ3v) is 16.7. The number of fused-ring (bicyclic) bond motifs is 4. The second-order valence-electron chi connectivity index (χ2n) is 17.1. The Balaban J connectivity index is 1.52. The zero-order chi connectivity index (χ0) is 46.7. The van der Waals surface area contributed by atoms with Crippen LogP contribution in [0.4, 0.5) is 11.4 Å². The quantitative estimate of drug-likeness (QED) is 0.101. The van der Waals surface area contributed by atoms with Crippen molar-refractivity contribution in [2.75, 3.05) is 42.3 Å². The van der Waals surface area contributed by atoms with Crippen LogP contribution in [0, 0.1) is 0 Å². The molecule has 6 rings (SSSR count). The first-order valence-electron chi connectivity index (χ1n) is 20.0. The molecule has 0 aliphatic carbocycles. The Hall–Kier alpha value is -3.71. The van der Waals surface area contributed by atoms with Crippen molar-refractivity contribution in [2.45, 2.75) is 92.5 Å². The normalized spacial score (nSPS) is 22.5. The summed E-state index contributed by atoms with van der Waals surface area (Å²) < 4.78 is 136. The van der Waals surface area contributed by atoms with Gasteiger partial charge in [-0.15, -0.1) is 11.8 Å². The number of carboxylic acid groups (broad SMARTS) is 1. The van der Waals surface area contributed by atoms with Gasteiger partial charge in [0.1, 0.15) is 6.54 Å². The van der Waals surface area contributed by atoms with Crippen LogP contribution in [0.25, 0.3) is 0 Å². The van der Waals surface area contributed by atoms with Gasteiger partial charge in [0.05, 0.1) is 33.1 Å². The Kier molecular flexibility index (Phi) is 13.6. The summed E-state index contributed by atoms with van der Waals surface area (Å²) in [5.74, 6) is -1.79. The molecule has 17 nitrogen and oxygen atoms in total. The molecule has 1 fully saturated rings. The Morgan fingerprint density at radius 1 is 0.794 bits per heavy atom. The van der Waals surface area contributed by atoms with Gasteiger partial charge in [0.25, 0.3) is 40.5 Å². The van der Waals surface area contributed by atoms with Crippen LogP contribution in [-0.2, 0) is 56.1 Å². The van der Waals surface area contributed by atoms with Gasteiger partial charge in [-0.25, -0.2) is 0 Å². The van der Waals surface area contributed by atoms with Crippen molar-refractivity contribution in [1.29, 1.82) is 0 Å². The monoisotopic (exact) mass is 970 g/mol. The molecule has 4 aliphatic rings. The molecule has 2 unspecified atom stereocenters. The predicted octanol–water partition coefficient (Wildman–Crippen LogP) is 5.21. The number of thioether (sulfide) groups is 1. The van der Waals surface area contributed by atoms with Crippen LogP contribution >= 0.6 is 11.8 Å². The molecule has 2 bridgehead atoms. The van der Waals surface area contributed by atoms with Crippen LogP contribution in [-0.4, -0.2) is 128 Å². The highest BCUT2D eigenvalue weighted by molar-refractivity contribution is 8.03. The fraction of sp³-hybridized carbons (Fsp3) is 0.463. The molecule has 4 aliphatic heterocycles. The van der Waals surface area contributed by atoms with Gasteiger partial charge in [-0.1, -0.05) is 26.0 Å². The van der Waals surface area contributed by atoms with Crippen LogP contribution in [0.3, 0.4) is 0 Å². The summed E-state index contributed by atoms with van der Waals surface area (Å²) in [6.45, 7) is 7.76. The predicted molar refractivity (Wildman–Crippen MR) is 239 cm³/mol. The van der Waals surface area contributed by atoms with E-state index in [0.29, 0.717) is 33.9 Å². The summed E-state index contributed by atoms with van der Waals surface area (Å²) in [5, 5.41) is 9.65. The smallest absolute Gasteiger partial charge is 0.304 e. The van der Waals surface area contributed by atoms with Crippen molar-refractivity contribution in [2.24, 2.45) is 0 Å². The standard InChI is InChI=1S/C41H51N3O14S5/c1-40(2)30-24-26(62(53,54)55)8-12-34(30)43(19-6-22-60(47,48)49)36(40)16-10-28-32-14-15-33(42(32)5)29(39(28)59-21-18-38(45)46)11-17-37-41(3,4)31-25-27(63(56,57)58)9-13-35(31)44(37)20-7-23-61(50,51)52/h8-13,16-17,24-25,32-33H,6-7,14-15,18-23H2,1-5H3,(H4-,45,46,47,48,49,50,51,52,53,54,55,56,57,58)/p+1. The van der Waals surface area contributed by atoms with Gasteiger partial charge in [0.2, 0.25) is 5.69 Å². The number of nitrogens with zero attached hydrogens (tertiary/aromatic N) is 3. The summed E-state index contributed by atoms with van der Waals surface area (Å²) in [6, 6.07) is 8.19. The minimum atomic E-state index is -4.57. The van der Waals surface area contributed by atoms with E-state index >= 15 is 0 Å². The number of carboxylic acids is 1. The molecule has 344 valence electrons. The van der Waals surface area contributed by atoms with Gasteiger partial charge in [0, 0.05) is 70.2 Å². The Bertz CT molecular complexity index is 2840. The van der Waals surface area contributed by atoms with E-state index in [1.54, 1.807) is 12.1 Å². The molecular weight excluding hydrogens is 919 g/mol. The third kappa shape index (κ3) is 10.4. The van der Waals surface area contributed by atoms with E-state index < -0.39 is 68.8 Å². The molecule has 0 aromatic heterocycles. The lowest BCUT2D eigenvalue weighted by atomic mass is 9.81. The molecule has 22 heteroatoms. The molecule has 0 saturated carbocycles. The minimum Gasteiger partial charge on any atom is -0.481 e. The van der Waals surface area contributed by atoms with Crippen LogP contribution < -0.4 is 4.90 Å². The lowest BCUT2D eigenvalue weighted by Crippen LogP contribution is -2.39. The second-order valence-corrected chi connectivity index (χ2v) is 24.2. The van der Waals surface area contributed by atoms with Crippen molar-refractivity contribution in [3.05, 3.63) is 93.6 Å². The molecule has 5 N–H and O–H groups in total. The van der Waals surface area contributed by atoms with Gasteiger partial charge >= 0.3 is 5.97 Å². The first-order chi connectivity index (χ1) is 29.0. The zero-order valence-electron chi connectivity index (χ0n) is 35.3. The summed E-state index contributed by atoms with van der Waals surface area (Å²) in [5.41, 5.74) is 3.65. The van der Waals surface area contributed by atoms with Gasteiger partial charge < -0.3 is 10.0 Å². The van der Waals surface area contributed by atoms with E-state index in [2.05, 4.69) is 4.90 Å². The number of carbonyl (C=O) groups is 1. The molecule has 1 saturated heterocycles. The van der Waals surface area contributed by atoms with Crippen LogP contribution in [0.2, 0.25) is 0 Å². The lowest BCUT2D eigenvalue weighted by Gasteiger charge is -2.36. The van der Waals surface area contributed by atoms with Crippen LogP contribution in [0.1, 0.15) is 70.9 Å². The molecule has 2 aromatic carbocycles. The molecule has 0 spiro atoms. The summed E-state index contributed by atoms with van der Waals surface area (Å²) in [4.78, 5) is 16.1. The summed E-state index contributed by atoms with van der Waals surface area (Å²) >= 11 is 1.38. The number of rotatable bonds is 17. The number of anilines is 1. The average molecular weight is 971 g/mol. The Morgan fingerprint density at radius 2 is 1.38 bits per heavy atom. The van der Waals surface area contributed by atoms with E-state index in [-0.39, 0.29) is 60.0 Å². The molecule has 2 aromatic rings. The molecule has 63 heavy (non-hydrogen) atoms. The second kappa shape index (κ2) is 17.6. The summed E-state index contributed by atoms with van der Waals surface area (Å²) in [7, 11) is -15.7. The topological polar surface area (TPSA) is 264 Å². The minimum absolute atomic E-state index is 0.0312. The van der Waals surface area contributed by atoms with E-state index in [0.717, 1.165) is 28.9 Å². The maximum Gasteiger partial charge on any atom is 0.304 e. The number of likely N-dealkylation sites (N-methyl/N-ethyl adjacent to an activating group) is 1. The Morgan fingerprint density at radius 3 is 1.98 bits per heavy atom. The van der Waals surface area contributed by atoms with Gasteiger partial charge in [-0.05, 0) is 93.3 Å². The molecular formula is C41H52N3O14S5+. The number of benzene rings is 2. The highest BCUT2D eigenvalue weighted by Gasteiger charge is 2.47. The van der Waals surface area contributed by atoms with Gasteiger partial charge in [-0.2, -0.15) is 38.2 Å². The molecule has 2 atom stereocenters. The number of aliphatic carboxylic acids is 1. The zero-order valence-corrected chi connectivity index (χ0v) is 39.4. The highest BCUT2D eigenvalue weighted by Crippen LogP contribution is 2.51. The lowest BCUT2D eigenvalue weighted by molar-refractivity contribution is -0.437. The van der Waals surface area contributed by atoms with Crippen molar-refractivity contribution in [1.82, 2.24) is 4.90 Å². The van der Waals surface area contributed by atoms with Crippen molar-refractivity contribution >= 4 is 75.3 Å². The molecule has 0 radical (unpaired) electrons. The van der Waals surface area contributed by atoms with E-state index in [1.165, 1.54) is 36.0 Å². The van der Waals surface area contributed by atoms with Gasteiger partial charge in [0.15, 0.2) is 5.71 Å². The Labute approximate surface area is 373 Å². The van der Waals surface area contributed by atoms with Crippen molar-refractivity contribution < 1.29 is 66.4 Å². The fourth-order valence-electron chi connectivity index (χ4n) is 9.20. The third-order valence-electron chi connectivity index (χ3n) is 12.2. The largest absolute Gasteiger partial charge is 0.481 e.